The number of carbonyl (C=O) groups excluding carboxylic acids is 2. The first-order valence-electron chi connectivity index (χ1n) is 11.1. The van der Waals surface area contributed by atoms with E-state index in [1.807, 2.05) is 29.2 Å². The fourth-order valence-electron chi connectivity index (χ4n) is 4.32. The maximum absolute atomic E-state index is 12.8. The van der Waals surface area contributed by atoms with Gasteiger partial charge in [-0.3, -0.25) is 4.79 Å². The minimum absolute atomic E-state index is 0.210. The second kappa shape index (κ2) is 9.92. The Morgan fingerprint density at radius 1 is 1.03 bits per heavy atom. The number of rotatable bonds is 6. The zero-order valence-electron chi connectivity index (χ0n) is 18.1. The minimum atomic E-state index is -0.339. The number of benzene rings is 1. The number of hydrogen-bond acceptors (Lipinski definition) is 6. The Morgan fingerprint density at radius 2 is 1.90 bits per heavy atom. The van der Waals surface area contributed by atoms with Gasteiger partial charge in [-0.1, -0.05) is 18.2 Å². The summed E-state index contributed by atoms with van der Waals surface area (Å²) in [5.74, 6) is 0.746. The molecule has 0 atom stereocenters. The molecule has 1 aromatic heterocycles. The highest BCUT2D eigenvalue weighted by Gasteiger charge is 2.25. The van der Waals surface area contributed by atoms with E-state index in [0.29, 0.717) is 18.6 Å². The first-order chi connectivity index (χ1) is 15.2. The number of para-hydroxylation sites is 1. The van der Waals surface area contributed by atoms with E-state index >= 15 is 0 Å². The molecule has 164 valence electrons. The lowest BCUT2D eigenvalue weighted by atomic mass is 10.2. The number of esters is 1. The van der Waals surface area contributed by atoms with Gasteiger partial charge in [-0.05, 0) is 50.1 Å². The monoisotopic (exact) mass is 422 g/mol. The maximum atomic E-state index is 12.8. The van der Waals surface area contributed by atoms with Gasteiger partial charge in [-0.25, -0.2) is 9.78 Å². The second-order valence-corrected chi connectivity index (χ2v) is 7.98. The van der Waals surface area contributed by atoms with Crippen LogP contribution in [0.1, 0.15) is 35.7 Å². The van der Waals surface area contributed by atoms with Gasteiger partial charge >= 0.3 is 5.97 Å². The Morgan fingerprint density at radius 3 is 2.71 bits per heavy atom. The average molecular weight is 423 g/mol. The van der Waals surface area contributed by atoms with Crippen molar-refractivity contribution in [1.82, 2.24) is 9.88 Å². The third-order valence-electron chi connectivity index (χ3n) is 6.00. The lowest BCUT2D eigenvalue weighted by Crippen LogP contribution is -2.35. The molecular formula is C24H30N4O3. The largest absolute Gasteiger partial charge is 0.462 e. The lowest BCUT2D eigenvalue weighted by molar-refractivity contribution is -0.118. The molecule has 0 unspecified atom stereocenters. The summed E-state index contributed by atoms with van der Waals surface area (Å²) in [6.45, 7) is 7.35. The quantitative estimate of drug-likeness (QED) is 0.667. The van der Waals surface area contributed by atoms with Crippen LogP contribution in [0.25, 0.3) is 0 Å². The molecule has 2 aliphatic rings. The van der Waals surface area contributed by atoms with Crippen LogP contribution in [-0.2, 0) is 16.0 Å². The van der Waals surface area contributed by atoms with E-state index < -0.39 is 0 Å². The molecule has 7 nitrogen and oxygen atoms in total. The molecule has 2 aliphatic heterocycles. The van der Waals surface area contributed by atoms with Crippen LogP contribution in [0.4, 0.5) is 11.5 Å². The van der Waals surface area contributed by atoms with Crippen LogP contribution < -0.4 is 9.80 Å². The van der Waals surface area contributed by atoms with E-state index in [9.17, 15) is 9.59 Å². The van der Waals surface area contributed by atoms with Gasteiger partial charge in [0.05, 0.1) is 12.2 Å². The van der Waals surface area contributed by atoms with Crippen LogP contribution in [-0.4, -0.2) is 67.6 Å². The summed E-state index contributed by atoms with van der Waals surface area (Å²) in [5.41, 5.74) is 2.82. The molecule has 0 spiro atoms. The fraction of sp³-hybridized carbons (Fsp3) is 0.458. The molecule has 0 saturated carbocycles. The zero-order chi connectivity index (χ0) is 21.6. The van der Waals surface area contributed by atoms with Crippen molar-refractivity contribution in [2.75, 3.05) is 55.7 Å². The van der Waals surface area contributed by atoms with Crippen molar-refractivity contribution in [3.8, 4) is 0 Å². The van der Waals surface area contributed by atoms with E-state index in [-0.39, 0.29) is 11.9 Å². The van der Waals surface area contributed by atoms with Gasteiger partial charge in [0.2, 0.25) is 5.91 Å². The standard InChI is InChI=1S/C24H30N4O3/c1-2-31-24(30)20-8-9-22(25-18-20)27-13-5-12-26(16-17-27)14-11-23(29)28-15-10-19-6-3-4-7-21(19)28/h3-4,6-9,18H,2,5,10-17H2,1H3. The van der Waals surface area contributed by atoms with E-state index in [0.717, 1.165) is 63.6 Å². The van der Waals surface area contributed by atoms with Crippen LogP contribution in [0.5, 0.6) is 0 Å². The lowest BCUT2D eigenvalue weighted by Gasteiger charge is -2.23. The topological polar surface area (TPSA) is 66.0 Å². The van der Waals surface area contributed by atoms with Crippen LogP contribution in [0.3, 0.4) is 0 Å². The minimum Gasteiger partial charge on any atom is -0.462 e. The van der Waals surface area contributed by atoms with Gasteiger partial charge in [0.15, 0.2) is 0 Å². The third-order valence-corrected chi connectivity index (χ3v) is 6.00. The summed E-state index contributed by atoms with van der Waals surface area (Å²) in [6.07, 6.45) is 4.09. The van der Waals surface area contributed by atoms with Crippen molar-refractivity contribution in [2.45, 2.75) is 26.2 Å². The third kappa shape index (κ3) is 5.05. The Labute approximate surface area is 183 Å². The molecule has 7 heteroatoms. The van der Waals surface area contributed by atoms with Crippen molar-refractivity contribution in [3.05, 3.63) is 53.7 Å². The smallest absolute Gasteiger partial charge is 0.339 e. The number of pyridine rings is 1. The molecule has 4 rings (SSSR count). The Bertz CT molecular complexity index is 915. The van der Waals surface area contributed by atoms with Gasteiger partial charge in [0, 0.05) is 51.0 Å². The molecule has 31 heavy (non-hydrogen) atoms. The summed E-state index contributed by atoms with van der Waals surface area (Å²) in [6, 6.07) is 11.9. The molecule has 3 heterocycles. The highest BCUT2D eigenvalue weighted by molar-refractivity contribution is 5.95. The first-order valence-corrected chi connectivity index (χ1v) is 11.1. The maximum Gasteiger partial charge on any atom is 0.339 e. The van der Waals surface area contributed by atoms with Gasteiger partial charge in [0.1, 0.15) is 5.82 Å². The predicted molar refractivity (Wildman–Crippen MR) is 121 cm³/mol. The van der Waals surface area contributed by atoms with E-state index in [1.165, 1.54) is 5.56 Å². The predicted octanol–water partition coefficient (Wildman–Crippen LogP) is 2.75. The van der Waals surface area contributed by atoms with Crippen molar-refractivity contribution in [3.63, 3.8) is 0 Å². The highest BCUT2D eigenvalue weighted by atomic mass is 16.5. The molecule has 0 N–H and O–H groups in total. The number of hydrogen-bond donors (Lipinski definition) is 0. The first kappa shape index (κ1) is 21.3. The zero-order valence-corrected chi connectivity index (χ0v) is 18.1. The number of carbonyl (C=O) groups is 2. The van der Waals surface area contributed by atoms with Crippen LogP contribution >= 0.6 is 0 Å². The summed E-state index contributed by atoms with van der Waals surface area (Å²) in [7, 11) is 0. The molecule has 0 bridgehead atoms. The van der Waals surface area contributed by atoms with Gasteiger partial charge in [-0.15, -0.1) is 0 Å². The number of amides is 1. The number of anilines is 2. The fourth-order valence-corrected chi connectivity index (χ4v) is 4.32. The molecule has 1 amide bonds. The van der Waals surface area contributed by atoms with Crippen LogP contribution in [0, 0.1) is 0 Å². The van der Waals surface area contributed by atoms with Gasteiger partial charge in [-0.2, -0.15) is 0 Å². The average Bonchev–Trinajstić information content (AvgIpc) is 3.09. The van der Waals surface area contributed by atoms with E-state index in [4.69, 9.17) is 4.74 Å². The van der Waals surface area contributed by atoms with Crippen molar-refractivity contribution >= 4 is 23.4 Å². The Balaban J connectivity index is 1.28. The van der Waals surface area contributed by atoms with Crippen molar-refractivity contribution in [2.24, 2.45) is 0 Å². The SMILES string of the molecule is CCOC(=O)c1ccc(N2CCCN(CCC(=O)N3CCc4ccccc43)CC2)nc1. The molecule has 0 aliphatic carbocycles. The summed E-state index contributed by atoms with van der Waals surface area (Å²) in [5, 5.41) is 0. The number of aromatic nitrogens is 1. The molecule has 1 aromatic carbocycles. The molecular weight excluding hydrogens is 392 g/mol. The van der Waals surface area contributed by atoms with Crippen molar-refractivity contribution < 1.29 is 14.3 Å². The summed E-state index contributed by atoms with van der Waals surface area (Å²) >= 11 is 0. The Kier molecular flexibility index (Phi) is 6.82. The van der Waals surface area contributed by atoms with E-state index in [2.05, 4.69) is 20.9 Å². The van der Waals surface area contributed by atoms with E-state index in [1.54, 1.807) is 19.2 Å². The van der Waals surface area contributed by atoms with Crippen LogP contribution in [0.15, 0.2) is 42.6 Å². The number of ether oxygens (including phenoxy) is 1. The highest BCUT2D eigenvalue weighted by Crippen LogP contribution is 2.28. The molecule has 1 fully saturated rings. The molecule has 2 aromatic rings. The van der Waals surface area contributed by atoms with Gasteiger partial charge in [0.25, 0.3) is 0 Å². The molecule has 1 saturated heterocycles. The van der Waals surface area contributed by atoms with Crippen molar-refractivity contribution in [1.29, 1.82) is 0 Å². The second-order valence-electron chi connectivity index (χ2n) is 7.98. The summed E-state index contributed by atoms with van der Waals surface area (Å²) in [4.78, 5) is 35.6. The molecule has 0 radical (unpaired) electrons. The Hall–Kier alpha value is -2.93. The summed E-state index contributed by atoms with van der Waals surface area (Å²) < 4.78 is 5.02. The number of fused-ring (bicyclic) bond motifs is 1. The van der Waals surface area contributed by atoms with Crippen LogP contribution in [0.2, 0.25) is 0 Å². The normalized spacial score (nSPS) is 16.7. The number of nitrogens with zero attached hydrogens (tertiary/aromatic N) is 4. The van der Waals surface area contributed by atoms with Gasteiger partial charge < -0.3 is 19.4 Å².